The number of halogens is 2. The van der Waals surface area contributed by atoms with Gasteiger partial charge in [0, 0.05) is 50.4 Å². The van der Waals surface area contributed by atoms with Crippen LogP contribution in [0.4, 0.5) is 8.78 Å². The summed E-state index contributed by atoms with van der Waals surface area (Å²) in [5.41, 5.74) is 5.76. The Hall–Kier alpha value is -4.23. The summed E-state index contributed by atoms with van der Waals surface area (Å²) in [5, 5.41) is 5.78. The molecule has 2 atom stereocenters. The van der Waals surface area contributed by atoms with E-state index in [4.69, 9.17) is 9.47 Å². The number of hydrogen-bond acceptors (Lipinski definition) is 8. The van der Waals surface area contributed by atoms with E-state index in [1.165, 1.54) is 19.2 Å². The lowest BCUT2D eigenvalue weighted by Crippen LogP contribution is -2.41. The fraction of sp³-hybridized carbons (Fsp3) is 0.341. The number of carbonyl (C=O) groups excluding carboxylic acids is 3. The zero-order valence-corrected chi connectivity index (χ0v) is 32.4. The molecule has 0 saturated carbocycles. The summed E-state index contributed by atoms with van der Waals surface area (Å²) in [6.07, 6.45) is 4.59. The van der Waals surface area contributed by atoms with Gasteiger partial charge in [-0.2, -0.15) is 23.5 Å². The summed E-state index contributed by atoms with van der Waals surface area (Å²) in [4.78, 5) is 41.0. The summed E-state index contributed by atoms with van der Waals surface area (Å²) in [5.74, 6) is -0.964. The monoisotopic (exact) mass is 763 g/mol. The van der Waals surface area contributed by atoms with Crippen LogP contribution in [0.25, 0.3) is 11.1 Å². The number of benzene rings is 4. The summed E-state index contributed by atoms with van der Waals surface area (Å²) < 4.78 is 39.0. The zero-order valence-electron chi connectivity index (χ0n) is 30.7. The first kappa shape index (κ1) is 41.5. The lowest BCUT2D eigenvalue weighted by Gasteiger charge is -2.24. The Bertz CT molecular complexity index is 1820. The number of amides is 2. The highest BCUT2D eigenvalue weighted by Crippen LogP contribution is 2.29. The maximum absolute atomic E-state index is 14.3. The molecule has 0 radical (unpaired) electrons. The van der Waals surface area contributed by atoms with Gasteiger partial charge >= 0.3 is 5.97 Å². The van der Waals surface area contributed by atoms with Gasteiger partial charge in [0.2, 0.25) is 0 Å². The molecule has 0 saturated heterocycles. The summed E-state index contributed by atoms with van der Waals surface area (Å²) >= 11 is 3.25. The molecule has 0 fully saturated rings. The molecule has 4 aromatic rings. The van der Waals surface area contributed by atoms with Crippen LogP contribution in [0.2, 0.25) is 0 Å². The van der Waals surface area contributed by atoms with E-state index in [0.29, 0.717) is 48.4 Å². The van der Waals surface area contributed by atoms with Gasteiger partial charge in [0.15, 0.2) is 0 Å². The van der Waals surface area contributed by atoms with Gasteiger partial charge in [-0.05, 0) is 107 Å². The lowest BCUT2D eigenvalue weighted by atomic mass is 9.93. The minimum Gasteiger partial charge on any atom is -0.467 e. The van der Waals surface area contributed by atoms with Crippen molar-refractivity contribution < 1.29 is 32.6 Å². The molecule has 8 nitrogen and oxygen atoms in total. The first-order chi connectivity index (χ1) is 25.5. The first-order valence-electron chi connectivity index (χ1n) is 17.2. The van der Waals surface area contributed by atoms with Gasteiger partial charge in [-0.25, -0.2) is 13.6 Å². The van der Waals surface area contributed by atoms with Gasteiger partial charge in [0.05, 0.1) is 7.11 Å². The number of rotatable bonds is 19. The van der Waals surface area contributed by atoms with Gasteiger partial charge in [-0.1, -0.05) is 42.5 Å². The molecule has 0 aromatic heterocycles. The zero-order chi connectivity index (χ0) is 38.3. The molecule has 2 N–H and O–H groups in total. The third kappa shape index (κ3) is 12.4. The number of aryl methyl sites for hydroxylation is 1. The van der Waals surface area contributed by atoms with Gasteiger partial charge < -0.3 is 20.1 Å². The standard InChI is InChI=1S/C41H47F2N3O5S2/c1-27-8-6-7-9-34(27)36-22-29(12-15-35(36)40(48)45-38(50-2)17-19-53-5)25-46(26-30-20-32(42)23-33(43)21-30)24-28-10-13-31(14-11-28)39(47)44-37(16-18-52-4)41(49)51-3/h6-15,20-23,37-38H,16-19,24-26H2,1-5H3,(H,44,47)(H,45,48). The molecule has 0 aliphatic heterocycles. The van der Waals surface area contributed by atoms with E-state index >= 15 is 0 Å². The number of esters is 1. The fourth-order valence-electron chi connectivity index (χ4n) is 5.96. The van der Waals surface area contributed by atoms with Crippen LogP contribution >= 0.6 is 23.5 Å². The Morgan fingerprint density at radius 1 is 0.717 bits per heavy atom. The van der Waals surface area contributed by atoms with Crippen LogP contribution in [0.5, 0.6) is 0 Å². The lowest BCUT2D eigenvalue weighted by molar-refractivity contribution is -0.142. The van der Waals surface area contributed by atoms with Gasteiger partial charge in [-0.15, -0.1) is 0 Å². The van der Waals surface area contributed by atoms with Gasteiger partial charge in [0.1, 0.15) is 23.9 Å². The van der Waals surface area contributed by atoms with E-state index in [2.05, 4.69) is 10.6 Å². The van der Waals surface area contributed by atoms with Crippen molar-refractivity contribution in [1.29, 1.82) is 0 Å². The van der Waals surface area contributed by atoms with Crippen molar-refractivity contribution in [2.75, 3.05) is 38.2 Å². The van der Waals surface area contributed by atoms with Crippen LogP contribution in [0.15, 0.2) is 84.9 Å². The SMILES string of the molecule is COC(=O)C(CCSC)NC(=O)c1ccc(CN(Cc2cc(F)cc(F)c2)Cc2ccc(C(=O)NC(CCSC)OC)c(-c3ccccc3C)c2)cc1. The van der Waals surface area contributed by atoms with Crippen molar-refractivity contribution in [2.45, 2.75) is 51.7 Å². The van der Waals surface area contributed by atoms with Crippen molar-refractivity contribution in [1.82, 2.24) is 15.5 Å². The molecule has 0 aliphatic carbocycles. The highest BCUT2D eigenvalue weighted by atomic mass is 32.2. The molecule has 2 unspecified atom stereocenters. The molecule has 4 rings (SSSR count). The molecule has 4 aromatic carbocycles. The number of methoxy groups -OCH3 is 2. The number of nitrogens with one attached hydrogen (secondary N) is 2. The number of ether oxygens (including phenoxy) is 2. The molecule has 12 heteroatoms. The van der Waals surface area contributed by atoms with Crippen molar-refractivity contribution >= 4 is 41.3 Å². The van der Waals surface area contributed by atoms with Crippen LogP contribution in [0.1, 0.15) is 55.8 Å². The number of thioether (sulfide) groups is 2. The Balaban J connectivity index is 1.63. The topological polar surface area (TPSA) is 97.0 Å². The molecular formula is C41H47F2N3O5S2. The van der Waals surface area contributed by atoms with Crippen LogP contribution in [-0.4, -0.2) is 73.2 Å². The number of hydrogen-bond donors (Lipinski definition) is 2. The maximum Gasteiger partial charge on any atom is 0.328 e. The Morgan fingerprint density at radius 3 is 1.98 bits per heavy atom. The predicted molar refractivity (Wildman–Crippen MR) is 210 cm³/mol. The summed E-state index contributed by atoms with van der Waals surface area (Å²) in [6, 6.07) is 23.3. The molecular weight excluding hydrogens is 717 g/mol. The van der Waals surface area contributed by atoms with E-state index < -0.39 is 35.8 Å². The molecule has 53 heavy (non-hydrogen) atoms. The van der Waals surface area contributed by atoms with E-state index in [0.717, 1.165) is 39.6 Å². The minimum atomic E-state index is -0.759. The van der Waals surface area contributed by atoms with E-state index in [1.54, 1.807) is 42.8 Å². The minimum absolute atomic E-state index is 0.222. The highest BCUT2D eigenvalue weighted by Gasteiger charge is 2.23. The van der Waals surface area contributed by atoms with Crippen LogP contribution in [0, 0.1) is 18.6 Å². The van der Waals surface area contributed by atoms with Crippen molar-refractivity contribution in [3.05, 3.63) is 130 Å². The van der Waals surface area contributed by atoms with Crippen LogP contribution in [-0.2, 0) is 33.9 Å². The average Bonchev–Trinajstić information content (AvgIpc) is 3.14. The molecule has 0 aliphatic rings. The second-order valence-electron chi connectivity index (χ2n) is 12.6. The Labute approximate surface area is 319 Å². The van der Waals surface area contributed by atoms with E-state index in [-0.39, 0.29) is 12.5 Å². The largest absolute Gasteiger partial charge is 0.467 e. The summed E-state index contributed by atoms with van der Waals surface area (Å²) in [7, 11) is 2.87. The molecule has 2 amide bonds. The Morgan fingerprint density at radius 2 is 1.34 bits per heavy atom. The number of carbonyl (C=O) groups is 3. The third-order valence-corrected chi connectivity index (χ3v) is 9.97. The first-order valence-corrected chi connectivity index (χ1v) is 20.0. The van der Waals surface area contributed by atoms with Crippen LogP contribution in [0.3, 0.4) is 0 Å². The van der Waals surface area contributed by atoms with Crippen LogP contribution < -0.4 is 10.6 Å². The normalized spacial score (nSPS) is 12.3. The predicted octanol–water partition coefficient (Wildman–Crippen LogP) is 7.62. The van der Waals surface area contributed by atoms with Crippen molar-refractivity contribution in [3.8, 4) is 11.1 Å². The average molecular weight is 764 g/mol. The highest BCUT2D eigenvalue weighted by molar-refractivity contribution is 7.98. The fourth-order valence-corrected chi connectivity index (χ4v) is 6.88. The molecule has 0 spiro atoms. The number of nitrogens with zero attached hydrogens (tertiary/aromatic N) is 1. The molecule has 0 bridgehead atoms. The summed E-state index contributed by atoms with van der Waals surface area (Å²) in [6.45, 7) is 2.98. The van der Waals surface area contributed by atoms with Crippen molar-refractivity contribution in [3.63, 3.8) is 0 Å². The van der Waals surface area contributed by atoms with Gasteiger partial charge in [0.25, 0.3) is 11.8 Å². The van der Waals surface area contributed by atoms with Crippen molar-refractivity contribution in [2.24, 2.45) is 0 Å². The Kier molecular flexibility index (Phi) is 16.3. The maximum atomic E-state index is 14.3. The quantitative estimate of drug-likeness (QED) is 0.0745. The second kappa shape index (κ2) is 20.9. The molecule has 0 heterocycles. The smallest absolute Gasteiger partial charge is 0.328 e. The molecule has 282 valence electrons. The third-order valence-electron chi connectivity index (χ3n) is 8.68. The van der Waals surface area contributed by atoms with Gasteiger partial charge in [-0.3, -0.25) is 14.5 Å². The second-order valence-corrected chi connectivity index (χ2v) is 14.6. The van der Waals surface area contributed by atoms with E-state index in [9.17, 15) is 23.2 Å². The van der Waals surface area contributed by atoms with E-state index in [1.807, 2.05) is 78.9 Å².